The van der Waals surface area contributed by atoms with E-state index in [1.807, 2.05) is 4.68 Å². The van der Waals surface area contributed by atoms with Crippen LogP contribution in [0.4, 0.5) is 0 Å². The maximum Gasteiger partial charge on any atom is 0.252 e. The Morgan fingerprint density at radius 2 is 1.97 bits per heavy atom. The van der Waals surface area contributed by atoms with Gasteiger partial charge < -0.3 is 9.72 Å². The first-order valence-electron chi connectivity index (χ1n) is 13.8. The lowest BCUT2D eigenvalue weighted by molar-refractivity contribution is 0.0713. The predicted molar refractivity (Wildman–Crippen MR) is 141 cm³/mol. The molecular formula is C28H40N6O2. The Morgan fingerprint density at radius 3 is 2.72 bits per heavy atom. The summed E-state index contributed by atoms with van der Waals surface area (Å²) in [7, 11) is 0. The van der Waals surface area contributed by atoms with Gasteiger partial charge in [0.2, 0.25) is 0 Å². The number of aryl methyl sites for hydroxylation is 2. The summed E-state index contributed by atoms with van der Waals surface area (Å²) in [6.07, 6.45) is 10.3. The lowest BCUT2D eigenvalue weighted by atomic mass is 9.91. The molecular weight excluding hydrogens is 452 g/mol. The molecule has 5 rings (SSSR count). The van der Waals surface area contributed by atoms with E-state index in [4.69, 9.17) is 4.74 Å². The quantitative estimate of drug-likeness (QED) is 0.453. The second-order valence-corrected chi connectivity index (χ2v) is 10.8. The van der Waals surface area contributed by atoms with E-state index >= 15 is 0 Å². The molecule has 1 aromatic carbocycles. The number of H-pyrrole nitrogens is 1. The van der Waals surface area contributed by atoms with Crippen LogP contribution >= 0.6 is 0 Å². The zero-order valence-electron chi connectivity index (χ0n) is 22.0. The van der Waals surface area contributed by atoms with E-state index in [9.17, 15) is 4.79 Å². The van der Waals surface area contributed by atoms with Crippen LogP contribution in [0.25, 0.3) is 10.9 Å². The Morgan fingerprint density at radius 1 is 1.14 bits per heavy atom. The van der Waals surface area contributed by atoms with Gasteiger partial charge in [0.1, 0.15) is 0 Å². The lowest BCUT2D eigenvalue weighted by Crippen LogP contribution is -2.41. The van der Waals surface area contributed by atoms with Gasteiger partial charge in [-0.25, -0.2) is 4.68 Å². The van der Waals surface area contributed by atoms with Gasteiger partial charge in [0.15, 0.2) is 5.82 Å². The molecule has 1 N–H and O–H groups in total. The van der Waals surface area contributed by atoms with Crippen LogP contribution in [0.15, 0.2) is 23.0 Å². The van der Waals surface area contributed by atoms with Crippen LogP contribution in [0.5, 0.6) is 0 Å². The van der Waals surface area contributed by atoms with Crippen LogP contribution in [-0.2, 0) is 17.8 Å². The highest BCUT2D eigenvalue weighted by atomic mass is 16.5. The van der Waals surface area contributed by atoms with Crippen molar-refractivity contribution in [3.63, 3.8) is 0 Å². The molecule has 3 aromatic rings. The molecule has 1 aliphatic carbocycles. The Hall–Kier alpha value is -2.58. The van der Waals surface area contributed by atoms with Crippen LogP contribution in [0.1, 0.15) is 93.3 Å². The smallest absolute Gasteiger partial charge is 0.252 e. The van der Waals surface area contributed by atoms with Crippen molar-refractivity contribution in [3.8, 4) is 0 Å². The molecule has 2 atom stereocenters. The Labute approximate surface area is 213 Å². The first-order valence-corrected chi connectivity index (χ1v) is 13.8. The van der Waals surface area contributed by atoms with Crippen LogP contribution in [0, 0.1) is 13.8 Å². The molecule has 0 amide bonds. The van der Waals surface area contributed by atoms with E-state index < -0.39 is 0 Å². The van der Waals surface area contributed by atoms with Crippen LogP contribution in [0.2, 0.25) is 0 Å². The zero-order valence-corrected chi connectivity index (χ0v) is 22.0. The molecule has 36 heavy (non-hydrogen) atoms. The van der Waals surface area contributed by atoms with E-state index in [2.05, 4.69) is 64.4 Å². The van der Waals surface area contributed by atoms with Crippen LogP contribution < -0.4 is 5.56 Å². The van der Waals surface area contributed by atoms with Gasteiger partial charge in [0.25, 0.3) is 5.56 Å². The number of nitrogens with one attached hydrogen (secondary N) is 1. The number of hydrogen-bond acceptors (Lipinski definition) is 6. The predicted octanol–water partition coefficient (Wildman–Crippen LogP) is 4.99. The number of benzene rings is 1. The molecule has 8 heteroatoms. The summed E-state index contributed by atoms with van der Waals surface area (Å²) >= 11 is 0. The molecule has 0 spiro atoms. The molecule has 194 valence electrons. The number of fused-ring (bicyclic) bond motifs is 1. The highest BCUT2D eigenvalue weighted by Crippen LogP contribution is 2.34. The first-order chi connectivity index (χ1) is 17.5. The van der Waals surface area contributed by atoms with E-state index in [0.29, 0.717) is 19.1 Å². The lowest BCUT2D eigenvalue weighted by Gasteiger charge is -2.39. The van der Waals surface area contributed by atoms with Crippen molar-refractivity contribution in [1.29, 1.82) is 0 Å². The normalized spacial score (nSPS) is 19.9. The van der Waals surface area contributed by atoms with E-state index in [0.717, 1.165) is 73.0 Å². The number of tetrazole rings is 1. The van der Waals surface area contributed by atoms with Crippen molar-refractivity contribution < 1.29 is 4.74 Å². The van der Waals surface area contributed by atoms with E-state index in [-0.39, 0.29) is 17.7 Å². The van der Waals surface area contributed by atoms with Crippen LogP contribution in [-0.4, -0.2) is 48.8 Å². The summed E-state index contributed by atoms with van der Waals surface area (Å²) < 4.78 is 7.86. The van der Waals surface area contributed by atoms with Crippen molar-refractivity contribution in [1.82, 2.24) is 30.1 Å². The zero-order chi connectivity index (χ0) is 25.1. The fraction of sp³-hybridized carbons (Fsp3) is 0.643. The molecule has 0 bridgehead atoms. The van der Waals surface area contributed by atoms with Gasteiger partial charge in [0.05, 0.1) is 24.2 Å². The van der Waals surface area contributed by atoms with Crippen molar-refractivity contribution >= 4 is 10.9 Å². The fourth-order valence-electron chi connectivity index (χ4n) is 6.23. The number of nitrogens with zero attached hydrogens (tertiary/aromatic N) is 5. The summed E-state index contributed by atoms with van der Waals surface area (Å²) in [5.41, 5.74) is 4.07. The number of ether oxygens (including phenoxy) is 1. The molecule has 2 fully saturated rings. The largest absolute Gasteiger partial charge is 0.376 e. The minimum atomic E-state index is 0.00413. The number of rotatable bonds is 9. The summed E-state index contributed by atoms with van der Waals surface area (Å²) in [6, 6.07) is 6.86. The fourth-order valence-corrected chi connectivity index (χ4v) is 6.23. The molecule has 0 radical (unpaired) electrons. The molecule has 1 saturated heterocycles. The molecule has 2 aromatic heterocycles. The second-order valence-electron chi connectivity index (χ2n) is 10.8. The molecule has 3 heterocycles. The maximum absolute atomic E-state index is 13.3. The molecule has 1 saturated carbocycles. The Kier molecular flexibility index (Phi) is 7.82. The standard InChI is InChI=1S/C28H40N6O2/c1-4-9-25(27-30-31-32-34(27)18-24-12-8-13-36-24)33(23-10-6-5-7-11-23)17-22-16-21-15-19(2)14-20(3)26(21)29-28(22)35/h14-16,23-25H,4-13,17-18H2,1-3H3,(H,29,35)/t24-,25+/m1/s1. The highest BCUT2D eigenvalue weighted by molar-refractivity contribution is 5.82. The third-order valence-electron chi connectivity index (χ3n) is 7.99. The average Bonchev–Trinajstić information content (AvgIpc) is 3.55. The number of pyridine rings is 1. The van der Waals surface area contributed by atoms with Gasteiger partial charge in [0, 0.05) is 24.8 Å². The second kappa shape index (κ2) is 11.2. The summed E-state index contributed by atoms with van der Waals surface area (Å²) in [4.78, 5) is 19.0. The first kappa shape index (κ1) is 25.1. The van der Waals surface area contributed by atoms with Gasteiger partial charge in [-0.1, -0.05) is 44.2 Å². The molecule has 1 aliphatic heterocycles. The van der Waals surface area contributed by atoms with E-state index in [1.54, 1.807) is 0 Å². The molecule has 8 nitrogen and oxygen atoms in total. The van der Waals surface area contributed by atoms with Crippen molar-refractivity contribution in [2.24, 2.45) is 0 Å². The highest BCUT2D eigenvalue weighted by Gasteiger charge is 2.33. The van der Waals surface area contributed by atoms with Crippen molar-refractivity contribution in [2.45, 2.75) is 110 Å². The minimum Gasteiger partial charge on any atom is -0.376 e. The topological polar surface area (TPSA) is 88.9 Å². The van der Waals surface area contributed by atoms with Gasteiger partial charge in [-0.2, -0.15) is 0 Å². The number of hydrogen-bond donors (Lipinski definition) is 1. The minimum absolute atomic E-state index is 0.00413. The maximum atomic E-state index is 13.3. The van der Waals surface area contributed by atoms with Gasteiger partial charge in [-0.3, -0.25) is 9.69 Å². The number of aromatic nitrogens is 5. The summed E-state index contributed by atoms with van der Waals surface area (Å²) in [5, 5.41) is 14.1. The van der Waals surface area contributed by atoms with Crippen molar-refractivity contribution in [2.75, 3.05) is 6.61 Å². The average molecular weight is 493 g/mol. The monoisotopic (exact) mass is 492 g/mol. The van der Waals surface area contributed by atoms with Crippen LogP contribution in [0.3, 0.4) is 0 Å². The third kappa shape index (κ3) is 5.39. The van der Waals surface area contributed by atoms with E-state index in [1.165, 1.54) is 24.8 Å². The Balaban J connectivity index is 1.52. The van der Waals surface area contributed by atoms with Gasteiger partial charge in [-0.15, -0.1) is 5.10 Å². The molecule has 0 unspecified atom stereocenters. The van der Waals surface area contributed by atoms with Crippen molar-refractivity contribution in [3.05, 3.63) is 51.1 Å². The van der Waals surface area contributed by atoms with Gasteiger partial charge in [-0.05, 0) is 79.5 Å². The number of aromatic amines is 1. The molecule has 2 aliphatic rings. The SMILES string of the molecule is CCC[C@@H](c1nnnn1C[C@H]1CCCO1)N(Cc1cc2cc(C)cc(C)c2[nH]c1=O)C1CCCCC1. The summed E-state index contributed by atoms with van der Waals surface area (Å²) in [6.45, 7) is 8.49. The summed E-state index contributed by atoms with van der Waals surface area (Å²) in [5.74, 6) is 0.904. The third-order valence-corrected chi connectivity index (χ3v) is 7.99. The van der Waals surface area contributed by atoms with Gasteiger partial charge >= 0.3 is 0 Å². The Bertz CT molecular complexity index is 1220.